The van der Waals surface area contributed by atoms with Crippen LogP contribution in [-0.2, 0) is 0 Å². The number of hydrogen-bond acceptors (Lipinski definition) is 3. The molecule has 0 saturated heterocycles. The molecule has 2 heterocycles. The Labute approximate surface area is 289 Å². The van der Waals surface area contributed by atoms with E-state index in [1.165, 1.54) is 49.0 Å². The van der Waals surface area contributed by atoms with E-state index in [4.69, 9.17) is 9.40 Å². The third-order valence-electron chi connectivity index (χ3n) is 9.92. The van der Waals surface area contributed by atoms with Crippen LogP contribution in [-0.4, -0.2) is 4.98 Å². The van der Waals surface area contributed by atoms with Gasteiger partial charge in [0.1, 0.15) is 17.0 Å². The smallest absolute Gasteiger partial charge is 0.149 e. The van der Waals surface area contributed by atoms with Crippen molar-refractivity contribution in [3.63, 3.8) is 0 Å². The first kappa shape index (κ1) is 28.3. The highest BCUT2D eigenvalue weighted by Gasteiger charge is 2.21. The molecule has 0 spiro atoms. The fraction of sp³-hybridized carbons (Fsp3) is 0. The van der Waals surface area contributed by atoms with Gasteiger partial charge in [0.15, 0.2) is 0 Å². The topological polar surface area (TPSA) is 29.3 Å². The summed E-state index contributed by atoms with van der Waals surface area (Å²) in [6.45, 7) is 0. The lowest BCUT2D eigenvalue weighted by molar-refractivity contribution is 0.668. The van der Waals surface area contributed by atoms with E-state index >= 15 is 0 Å². The van der Waals surface area contributed by atoms with Crippen molar-refractivity contribution in [2.24, 2.45) is 0 Å². The molecule has 0 unspecified atom stereocenters. The van der Waals surface area contributed by atoms with E-state index in [2.05, 4.69) is 157 Å². The van der Waals surface area contributed by atoms with Crippen LogP contribution >= 0.6 is 0 Å². The summed E-state index contributed by atoms with van der Waals surface area (Å²) < 4.78 is 6.29. The summed E-state index contributed by atoms with van der Waals surface area (Å²) in [6, 6.07) is 62.5. The Morgan fingerprint density at radius 3 is 1.48 bits per heavy atom. The monoisotopic (exact) mass is 638 g/mol. The van der Waals surface area contributed by atoms with E-state index in [1.807, 2.05) is 30.5 Å². The number of fused-ring (bicyclic) bond motifs is 9. The molecule has 3 nitrogen and oxygen atoms in total. The minimum atomic E-state index is 0.814. The quantitative estimate of drug-likeness (QED) is 0.176. The summed E-state index contributed by atoms with van der Waals surface area (Å²) >= 11 is 0. The average molecular weight is 639 g/mol. The van der Waals surface area contributed by atoms with Gasteiger partial charge in [-0.05, 0) is 97.0 Å². The number of nitrogens with zero attached hydrogens (tertiary/aromatic N) is 2. The predicted octanol–water partition coefficient (Wildman–Crippen LogP) is 13.2. The van der Waals surface area contributed by atoms with Gasteiger partial charge in [0.25, 0.3) is 0 Å². The minimum Gasteiger partial charge on any atom is -0.456 e. The molecule has 0 radical (unpaired) electrons. The molecular weight excluding hydrogens is 609 g/mol. The molecule has 50 heavy (non-hydrogen) atoms. The Kier molecular flexibility index (Phi) is 6.49. The molecule has 0 N–H and O–H groups in total. The number of para-hydroxylation sites is 1. The van der Waals surface area contributed by atoms with Crippen LogP contribution in [0.4, 0.5) is 17.2 Å². The molecule has 8 aromatic carbocycles. The summed E-state index contributed by atoms with van der Waals surface area (Å²) in [7, 11) is 0. The normalized spacial score (nSPS) is 11.6. The van der Waals surface area contributed by atoms with E-state index in [0.29, 0.717) is 0 Å². The average Bonchev–Trinajstić information content (AvgIpc) is 3.58. The SMILES string of the molecule is c1ccc(-c2ccc(N(c3ccc(-c4ccc5c6ccccc6c6ccccc6c5c4)cc3)c3nccc4oc5ccccc5c34)cc2)cc1. The zero-order valence-electron chi connectivity index (χ0n) is 27.1. The lowest BCUT2D eigenvalue weighted by atomic mass is 9.92. The van der Waals surface area contributed by atoms with Gasteiger partial charge in [-0.3, -0.25) is 4.90 Å². The van der Waals surface area contributed by atoms with Gasteiger partial charge >= 0.3 is 0 Å². The molecule has 234 valence electrons. The third kappa shape index (κ3) is 4.56. The maximum Gasteiger partial charge on any atom is 0.149 e. The van der Waals surface area contributed by atoms with Gasteiger partial charge in [-0.25, -0.2) is 4.98 Å². The molecule has 3 heteroatoms. The Morgan fingerprint density at radius 1 is 0.360 bits per heavy atom. The highest BCUT2D eigenvalue weighted by Crippen LogP contribution is 2.43. The van der Waals surface area contributed by atoms with Crippen molar-refractivity contribution in [2.75, 3.05) is 4.90 Å². The first-order valence-corrected chi connectivity index (χ1v) is 17.0. The van der Waals surface area contributed by atoms with Gasteiger partial charge in [0.2, 0.25) is 0 Å². The Bertz CT molecular complexity index is 2820. The van der Waals surface area contributed by atoms with Crippen LogP contribution in [0.2, 0.25) is 0 Å². The molecule has 0 fully saturated rings. The number of hydrogen-bond donors (Lipinski definition) is 0. The first-order chi connectivity index (χ1) is 24.8. The zero-order chi connectivity index (χ0) is 33.0. The molecule has 0 amide bonds. The Morgan fingerprint density at radius 2 is 0.840 bits per heavy atom. The van der Waals surface area contributed by atoms with Crippen LogP contribution in [0.1, 0.15) is 0 Å². The van der Waals surface area contributed by atoms with Crippen molar-refractivity contribution in [3.05, 3.63) is 182 Å². The minimum absolute atomic E-state index is 0.814. The predicted molar refractivity (Wildman–Crippen MR) is 210 cm³/mol. The standard InChI is InChI=1S/C47H30N2O/c1-2-10-31(11-3-1)32-18-23-35(24-19-32)49(47-46-42-16-8-9-17-44(42)50-45(46)28-29-48-47)36-25-20-33(21-26-36)34-22-27-41-39-14-5-4-12-37(39)38-13-6-7-15-40(38)43(41)30-34/h1-30H. The molecule has 10 aromatic rings. The van der Waals surface area contributed by atoms with Gasteiger partial charge in [-0.15, -0.1) is 0 Å². The van der Waals surface area contributed by atoms with Crippen LogP contribution in [0.15, 0.2) is 187 Å². The summed E-state index contributed by atoms with van der Waals surface area (Å²) in [6.07, 6.45) is 1.84. The first-order valence-electron chi connectivity index (χ1n) is 17.0. The fourth-order valence-corrected chi connectivity index (χ4v) is 7.54. The molecule has 0 aliphatic heterocycles. The molecule has 10 rings (SSSR count). The van der Waals surface area contributed by atoms with Crippen molar-refractivity contribution < 1.29 is 4.42 Å². The largest absolute Gasteiger partial charge is 0.456 e. The van der Waals surface area contributed by atoms with Crippen molar-refractivity contribution in [3.8, 4) is 22.3 Å². The Balaban J connectivity index is 1.12. The highest BCUT2D eigenvalue weighted by atomic mass is 16.3. The summed E-state index contributed by atoms with van der Waals surface area (Å²) in [5.74, 6) is 0.830. The van der Waals surface area contributed by atoms with Crippen LogP contribution in [0.3, 0.4) is 0 Å². The van der Waals surface area contributed by atoms with E-state index in [0.717, 1.165) is 44.7 Å². The van der Waals surface area contributed by atoms with Gasteiger partial charge in [-0.2, -0.15) is 0 Å². The number of benzene rings is 8. The highest BCUT2D eigenvalue weighted by molar-refractivity contribution is 6.25. The molecule has 0 bridgehead atoms. The van der Waals surface area contributed by atoms with E-state index in [-0.39, 0.29) is 0 Å². The second kappa shape index (κ2) is 11.5. The van der Waals surface area contributed by atoms with E-state index < -0.39 is 0 Å². The van der Waals surface area contributed by atoms with Gasteiger partial charge in [-0.1, -0.05) is 133 Å². The van der Waals surface area contributed by atoms with Gasteiger partial charge < -0.3 is 4.42 Å². The molecule has 0 saturated carbocycles. The Hall–Kier alpha value is -6.71. The van der Waals surface area contributed by atoms with Gasteiger partial charge in [0, 0.05) is 23.0 Å². The maximum absolute atomic E-state index is 6.29. The molecule has 2 aromatic heterocycles. The number of rotatable bonds is 5. The molecular formula is C47H30N2O. The maximum atomic E-state index is 6.29. The summed E-state index contributed by atoms with van der Waals surface area (Å²) in [5, 5.41) is 9.71. The fourth-order valence-electron chi connectivity index (χ4n) is 7.54. The summed E-state index contributed by atoms with van der Waals surface area (Å²) in [5.41, 5.74) is 8.40. The van der Waals surface area contributed by atoms with Crippen LogP contribution in [0.25, 0.3) is 76.5 Å². The third-order valence-corrected chi connectivity index (χ3v) is 9.92. The van der Waals surface area contributed by atoms with E-state index in [9.17, 15) is 0 Å². The van der Waals surface area contributed by atoms with Crippen molar-refractivity contribution in [1.29, 1.82) is 0 Å². The second-order valence-electron chi connectivity index (χ2n) is 12.8. The van der Waals surface area contributed by atoms with Crippen LogP contribution in [0, 0.1) is 0 Å². The number of furan rings is 1. The molecule has 0 aliphatic rings. The lowest BCUT2D eigenvalue weighted by Crippen LogP contribution is -2.11. The zero-order valence-corrected chi connectivity index (χ0v) is 27.1. The van der Waals surface area contributed by atoms with Crippen LogP contribution in [0.5, 0.6) is 0 Å². The van der Waals surface area contributed by atoms with Crippen molar-refractivity contribution in [2.45, 2.75) is 0 Å². The molecule has 0 aliphatic carbocycles. The number of aromatic nitrogens is 1. The second-order valence-corrected chi connectivity index (χ2v) is 12.8. The van der Waals surface area contributed by atoms with Crippen LogP contribution < -0.4 is 4.90 Å². The molecule has 0 atom stereocenters. The lowest BCUT2D eigenvalue weighted by Gasteiger charge is -2.25. The van der Waals surface area contributed by atoms with Crippen molar-refractivity contribution >= 4 is 71.4 Å². The van der Waals surface area contributed by atoms with Crippen molar-refractivity contribution in [1.82, 2.24) is 4.98 Å². The number of anilines is 3. The van der Waals surface area contributed by atoms with Gasteiger partial charge in [0.05, 0.1) is 5.39 Å². The summed E-state index contributed by atoms with van der Waals surface area (Å²) in [4.78, 5) is 7.24. The van der Waals surface area contributed by atoms with E-state index in [1.54, 1.807) is 0 Å². The number of pyridine rings is 1.